The monoisotopic (exact) mass is 274 g/mol. The Balaban J connectivity index is 1.49. The van der Waals surface area contributed by atoms with Gasteiger partial charge < -0.3 is 15.1 Å². The first-order valence-corrected chi connectivity index (χ1v) is 7.88. The molecule has 0 aliphatic carbocycles. The zero-order chi connectivity index (χ0) is 13.8. The second-order valence-electron chi connectivity index (χ2n) is 5.97. The predicted molar refractivity (Wildman–Crippen MR) is 78.9 cm³/mol. The highest BCUT2D eigenvalue weighted by atomic mass is 16.2. The number of rotatable bonds is 2. The molecule has 3 rings (SSSR count). The van der Waals surface area contributed by atoms with Crippen molar-refractivity contribution in [2.75, 3.05) is 26.2 Å². The van der Waals surface area contributed by atoms with Crippen molar-refractivity contribution in [1.29, 1.82) is 0 Å². The molecule has 2 fully saturated rings. The summed E-state index contributed by atoms with van der Waals surface area (Å²) in [5.74, 6) is 0.205. The van der Waals surface area contributed by atoms with Crippen molar-refractivity contribution in [3.8, 4) is 0 Å². The van der Waals surface area contributed by atoms with Crippen LogP contribution in [0.25, 0.3) is 0 Å². The van der Waals surface area contributed by atoms with Gasteiger partial charge in [0.05, 0.1) is 0 Å². The molecule has 1 unspecified atom stereocenters. The summed E-state index contributed by atoms with van der Waals surface area (Å²) in [5, 5.41) is 3.07. The lowest BCUT2D eigenvalue weighted by Crippen LogP contribution is -2.51. The second kappa shape index (κ2) is 6.44. The number of carbonyl (C=O) groups excluding carboxylic acids is 1. The van der Waals surface area contributed by atoms with Crippen LogP contribution >= 0.6 is 0 Å². The number of piperidine rings is 2. The molecule has 4 heteroatoms. The molecular weight excluding hydrogens is 250 g/mol. The Labute approximate surface area is 121 Å². The number of dihydropyridines is 1. The Kier molecular flexibility index (Phi) is 4.41. The summed E-state index contributed by atoms with van der Waals surface area (Å²) in [6.45, 7) is 4.32. The first kappa shape index (κ1) is 13.7. The van der Waals surface area contributed by atoms with Gasteiger partial charge in [0.15, 0.2) is 0 Å². The predicted octanol–water partition coefficient (Wildman–Crippen LogP) is 1.31. The lowest BCUT2D eigenvalue weighted by atomic mass is 9.99. The summed E-state index contributed by atoms with van der Waals surface area (Å²) in [6, 6.07) is 0.505. The second-order valence-corrected chi connectivity index (χ2v) is 5.97. The highest BCUT2D eigenvalue weighted by Gasteiger charge is 2.29. The van der Waals surface area contributed by atoms with Gasteiger partial charge in [-0.3, -0.25) is 4.79 Å². The minimum Gasteiger partial charge on any atom is -0.376 e. The van der Waals surface area contributed by atoms with E-state index < -0.39 is 0 Å². The van der Waals surface area contributed by atoms with Crippen molar-refractivity contribution >= 4 is 5.91 Å². The Hall–Kier alpha value is -1.29. The highest BCUT2D eigenvalue weighted by molar-refractivity contribution is 5.84. The number of nitrogens with one attached hydrogen (secondary N) is 1. The molecule has 0 aromatic rings. The van der Waals surface area contributed by atoms with E-state index in [2.05, 4.69) is 16.3 Å². The smallest absolute Gasteiger partial charge is 0.249 e. The fourth-order valence-corrected chi connectivity index (χ4v) is 3.48. The first-order chi connectivity index (χ1) is 9.84. The van der Waals surface area contributed by atoms with Gasteiger partial charge >= 0.3 is 0 Å². The van der Waals surface area contributed by atoms with Crippen LogP contribution in [0.15, 0.2) is 18.4 Å². The molecule has 0 spiro atoms. The van der Waals surface area contributed by atoms with E-state index in [0.717, 1.165) is 25.9 Å². The first-order valence-electron chi connectivity index (χ1n) is 7.88. The van der Waals surface area contributed by atoms with Crippen molar-refractivity contribution in [3.05, 3.63) is 24.4 Å². The van der Waals surface area contributed by atoms with Crippen LogP contribution in [0, 0.1) is 6.08 Å². The number of allylic oxidation sites excluding steroid dienone is 2. The zero-order valence-corrected chi connectivity index (χ0v) is 12.1. The van der Waals surface area contributed by atoms with Gasteiger partial charge in [0.25, 0.3) is 0 Å². The van der Waals surface area contributed by atoms with Crippen LogP contribution in [0.4, 0.5) is 0 Å². The van der Waals surface area contributed by atoms with E-state index in [1.807, 2.05) is 17.1 Å². The minimum absolute atomic E-state index is 0.192. The maximum atomic E-state index is 12.4. The number of likely N-dealkylation sites (tertiary alicyclic amines) is 2. The van der Waals surface area contributed by atoms with Gasteiger partial charge in [0, 0.05) is 25.3 Å². The van der Waals surface area contributed by atoms with E-state index in [-0.39, 0.29) is 11.9 Å². The number of amides is 1. The van der Waals surface area contributed by atoms with Crippen molar-refractivity contribution < 1.29 is 4.79 Å². The summed E-state index contributed by atoms with van der Waals surface area (Å²) in [4.78, 5) is 17.0. The molecule has 0 saturated carbocycles. The highest BCUT2D eigenvalue weighted by Crippen LogP contribution is 2.21. The topological polar surface area (TPSA) is 35.6 Å². The van der Waals surface area contributed by atoms with Crippen molar-refractivity contribution in [3.63, 3.8) is 0 Å². The molecule has 2 saturated heterocycles. The molecule has 109 valence electrons. The van der Waals surface area contributed by atoms with Crippen LogP contribution in [-0.2, 0) is 4.79 Å². The van der Waals surface area contributed by atoms with E-state index in [1.54, 1.807) is 6.20 Å². The molecule has 20 heavy (non-hydrogen) atoms. The van der Waals surface area contributed by atoms with E-state index >= 15 is 0 Å². The van der Waals surface area contributed by atoms with Gasteiger partial charge in [-0.1, -0.05) is 18.6 Å². The molecule has 1 amide bonds. The maximum absolute atomic E-state index is 12.4. The molecule has 1 radical (unpaired) electrons. The normalized spacial score (nSPS) is 28.4. The molecule has 1 atom stereocenters. The summed E-state index contributed by atoms with van der Waals surface area (Å²) in [5.41, 5.74) is 0. The third-order valence-electron chi connectivity index (χ3n) is 4.68. The largest absolute Gasteiger partial charge is 0.376 e. The lowest BCUT2D eigenvalue weighted by Gasteiger charge is -2.40. The van der Waals surface area contributed by atoms with Gasteiger partial charge in [0.2, 0.25) is 5.91 Å². The van der Waals surface area contributed by atoms with Crippen molar-refractivity contribution in [2.24, 2.45) is 0 Å². The fourth-order valence-electron chi connectivity index (χ4n) is 3.48. The van der Waals surface area contributed by atoms with Gasteiger partial charge in [-0.25, -0.2) is 0 Å². The molecule has 0 aromatic carbocycles. The number of carbonyl (C=O) groups is 1. The van der Waals surface area contributed by atoms with Crippen LogP contribution in [0.5, 0.6) is 0 Å². The van der Waals surface area contributed by atoms with Gasteiger partial charge in [-0.2, -0.15) is 0 Å². The van der Waals surface area contributed by atoms with Crippen LogP contribution in [0.3, 0.4) is 0 Å². The quantitative estimate of drug-likeness (QED) is 0.824. The van der Waals surface area contributed by atoms with Crippen LogP contribution in [0.2, 0.25) is 0 Å². The average molecular weight is 274 g/mol. The summed E-state index contributed by atoms with van der Waals surface area (Å²) >= 11 is 0. The molecule has 1 N–H and O–H groups in total. The molecule has 4 nitrogen and oxygen atoms in total. The summed E-state index contributed by atoms with van der Waals surface area (Å²) < 4.78 is 0. The molecule has 3 aliphatic rings. The van der Waals surface area contributed by atoms with Crippen LogP contribution in [-0.4, -0.2) is 54.0 Å². The Morgan fingerprint density at radius 1 is 1.10 bits per heavy atom. The molecule has 3 heterocycles. The van der Waals surface area contributed by atoms with Crippen molar-refractivity contribution in [1.82, 2.24) is 15.1 Å². The molecule has 0 aromatic heterocycles. The Bertz CT molecular complexity index is 391. The number of hydrogen-bond acceptors (Lipinski definition) is 3. The van der Waals surface area contributed by atoms with Crippen molar-refractivity contribution in [2.45, 2.75) is 44.2 Å². The third-order valence-corrected chi connectivity index (χ3v) is 4.68. The molecule has 3 aliphatic heterocycles. The zero-order valence-electron chi connectivity index (χ0n) is 12.1. The van der Waals surface area contributed by atoms with Gasteiger partial charge in [-0.15, -0.1) is 0 Å². The third kappa shape index (κ3) is 3.06. The van der Waals surface area contributed by atoms with Crippen LogP contribution < -0.4 is 5.32 Å². The van der Waals surface area contributed by atoms with E-state index in [4.69, 9.17) is 0 Å². The summed E-state index contributed by atoms with van der Waals surface area (Å²) in [7, 11) is 0. The SMILES string of the molecule is O=C(C1C=C[C]=CN1)N1CCC(N2CCCCC2)CC1. The lowest BCUT2D eigenvalue weighted by molar-refractivity contribution is -0.133. The van der Waals surface area contributed by atoms with Crippen LogP contribution in [0.1, 0.15) is 32.1 Å². The molecule has 0 bridgehead atoms. The minimum atomic E-state index is -0.192. The Morgan fingerprint density at radius 2 is 1.85 bits per heavy atom. The van der Waals surface area contributed by atoms with Gasteiger partial charge in [0.1, 0.15) is 6.04 Å². The maximum Gasteiger partial charge on any atom is 0.249 e. The Morgan fingerprint density at radius 3 is 2.50 bits per heavy atom. The average Bonchev–Trinajstić information content (AvgIpc) is 2.56. The molecular formula is C16H24N3O. The number of nitrogens with zero attached hydrogens (tertiary/aromatic N) is 2. The van der Waals surface area contributed by atoms with Gasteiger partial charge in [-0.05, 0) is 44.8 Å². The van der Waals surface area contributed by atoms with E-state index in [1.165, 1.54) is 32.4 Å². The van der Waals surface area contributed by atoms with E-state index in [9.17, 15) is 4.79 Å². The van der Waals surface area contributed by atoms with E-state index in [0.29, 0.717) is 6.04 Å². The standard InChI is InChI=1S/C16H24N3O/c20-16(15-6-2-3-9-17-15)19-12-7-14(8-13-19)18-10-4-1-5-11-18/h2,6,9,14-15,17H,1,4-5,7-8,10-13H2. The fraction of sp³-hybridized carbons (Fsp3) is 0.688. The number of hydrogen-bond donors (Lipinski definition) is 1. The summed E-state index contributed by atoms with van der Waals surface area (Å²) in [6.07, 6.45) is 14.7.